The molecule has 3 heterocycles. The van der Waals surface area contributed by atoms with E-state index in [0.717, 1.165) is 23.4 Å². The second-order valence-electron chi connectivity index (χ2n) is 8.40. The number of methoxy groups -OCH3 is 1. The highest BCUT2D eigenvalue weighted by molar-refractivity contribution is 7.15. The number of likely N-dealkylation sites (tertiary alicyclic amines) is 1. The molecule has 2 atom stereocenters. The highest BCUT2D eigenvalue weighted by Crippen LogP contribution is 2.43. The van der Waals surface area contributed by atoms with E-state index in [2.05, 4.69) is 15.0 Å². The lowest BCUT2D eigenvalue weighted by Crippen LogP contribution is -2.70. The summed E-state index contributed by atoms with van der Waals surface area (Å²) in [7, 11) is 1.56. The molecule has 1 amide bonds. The van der Waals surface area contributed by atoms with Gasteiger partial charge < -0.3 is 15.4 Å². The number of carbonyl (C=O) groups excluding carboxylic acids is 1. The molecular weight excluding hydrogens is 429 g/mol. The van der Waals surface area contributed by atoms with E-state index >= 15 is 0 Å². The van der Waals surface area contributed by atoms with Crippen molar-refractivity contribution in [1.29, 1.82) is 0 Å². The van der Waals surface area contributed by atoms with Gasteiger partial charge in [-0.3, -0.25) is 4.79 Å². The number of aryl methyl sites for hydroxylation is 1. The third-order valence-electron chi connectivity index (χ3n) is 6.38. The number of nitrogens with zero attached hydrogens (tertiary/aromatic N) is 4. The Morgan fingerprint density at radius 1 is 1.22 bits per heavy atom. The van der Waals surface area contributed by atoms with Crippen molar-refractivity contribution in [2.75, 3.05) is 13.7 Å². The molecule has 2 N–H and O–H groups in total. The summed E-state index contributed by atoms with van der Waals surface area (Å²) < 4.78 is 18.6. The van der Waals surface area contributed by atoms with Gasteiger partial charge in [0.2, 0.25) is 0 Å². The van der Waals surface area contributed by atoms with Crippen LogP contribution >= 0.6 is 11.3 Å². The Morgan fingerprint density at radius 2 is 1.88 bits per heavy atom. The van der Waals surface area contributed by atoms with Crippen LogP contribution in [0.5, 0.6) is 5.75 Å². The number of halogens is 1. The standard InChI is InChI=1S/C23H26FN5O2S/c1-14-28-18(19(32-14)15-6-8-16(24)9-7-15)20(30)29-11-5-10-22(2,23(29,3)25)21-26-12-17(31-4)13-27-21/h6-9,12-13H,5,10-11,25H2,1-4H3. The van der Waals surface area contributed by atoms with Crippen LogP contribution in [0.25, 0.3) is 10.4 Å². The molecule has 1 saturated heterocycles. The molecule has 168 valence electrons. The lowest BCUT2D eigenvalue weighted by atomic mass is 9.70. The fourth-order valence-electron chi connectivity index (χ4n) is 4.23. The van der Waals surface area contributed by atoms with E-state index in [1.165, 1.54) is 23.5 Å². The number of hydrogen-bond acceptors (Lipinski definition) is 7. The third kappa shape index (κ3) is 3.65. The number of ether oxygens (including phenoxy) is 1. The SMILES string of the molecule is COc1cnc(C2(C)CCCN(C(=O)c3nc(C)sc3-c3ccc(F)cc3)C2(C)N)nc1. The maximum absolute atomic E-state index is 13.8. The monoisotopic (exact) mass is 455 g/mol. The average molecular weight is 456 g/mol. The topological polar surface area (TPSA) is 94.2 Å². The highest BCUT2D eigenvalue weighted by atomic mass is 32.1. The van der Waals surface area contributed by atoms with Crippen molar-refractivity contribution in [2.45, 2.75) is 44.7 Å². The predicted octanol–water partition coefficient (Wildman–Crippen LogP) is 3.93. The maximum atomic E-state index is 13.8. The summed E-state index contributed by atoms with van der Waals surface area (Å²) in [6.45, 7) is 6.18. The maximum Gasteiger partial charge on any atom is 0.275 e. The smallest absolute Gasteiger partial charge is 0.275 e. The first-order valence-corrected chi connectivity index (χ1v) is 11.2. The van der Waals surface area contributed by atoms with Gasteiger partial charge in [-0.2, -0.15) is 0 Å². The van der Waals surface area contributed by atoms with Crippen LogP contribution in [0.15, 0.2) is 36.7 Å². The summed E-state index contributed by atoms with van der Waals surface area (Å²) in [4.78, 5) is 29.6. The average Bonchev–Trinajstić information content (AvgIpc) is 3.17. The normalized spacial score (nSPS) is 23.2. The third-order valence-corrected chi connectivity index (χ3v) is 7.40. The van der Waals surface area contributed by atoms with E-state index in [9.17, 15) is 9.18 Å². The molecule has 1 aromatic carbocycles. The van der Waals surface area contributed by atoms with Crippen LogP contribution in [0.1, 0.15) is 48.0 Å². The summed E-state index contributed by atoms with van der Waals surface area (Å²) in [5, 5.41) is 0.754. The molecule has 2 unspecified atom stereocenters. The number of nitrogens with two attached hydrogens (primary N) is 1. The van der Waals surface area contributed by atoms with Gasteiger partial charge in [0, 0.05) is 6.54 Å². The van der Waals surface area contributed by atoms with Gasteiger partial charge in [-0.05, 0) is 51.3 Å². The van der Waals surface area contributed by atoms with Crippen LogP contribution in [-0.4, -0.2) is 45.1 Å². The molecule has 1 aliphatic heterocycles. The van der Waals surface area contributed by atoms with E-state index in [4.69, 9.17) is 10.5 Å². The van der Waals surface area contributed by atoms with Crippen molar-refractivity contribution in [2.24, 2.45) is 5.73 Å². The molecule has 0 spiro atoms. The molecule has 1 aliphatic rings. The molecule has 0 saturated carbocycles. The van der Waals surface area contributed by atoms with Gasteiger partial charge in [-0.1, -0.05) is 12.1 Å². The second-order valence-corrected chi connectivity index (χ2v) is 9.61. The fourth-order valence-corrected chi connectivity index (χ4v) is 5.14. The van der Waals surface area contributed by atoms with Crippen molar-refractivity contribution >= 4 is 17.2 Å². The van der Waals surface area contributed by atoms with Gasteiger partial charge in [-0.15, -0.1) is 11.3 Å². The van der Waals surface area contributed by atoms with E-state index in [1.54, 1.807) is 36.5 Å². The van der Waals surface area contributed by atoms with Crippen LogP contribution in [0.4, 0.5) is 4.39 Å². The minimum absolute atomic E-state index is 0.252. The van der Waals surface area contributed by atoms with Crippen LogP contribution in [0, 0.1) is 12.7 Å². The number of piperidine rings is 1. The molecule has 3 aromatic rings. The molecule has 32 heavy (non-hydrogen) atoms. The zero-order valence-electron chi connectivity index (χ0n) is 18.6. The van der Waals surface area contributed by atoms with Gasteiger partial charge in [0.1, 0.15) is 23.0 Å². The molecule has 4 rings (SSSR count). The first-order valence-electron chi connectivity index (χ1n) is 10.4. The zero-order chi connectivity index (χ0) is 23.1. The van der Waals surface area contributed by atoms with Crippen molar-refractivity contribution in [3.05, 3.63) is 59.0 Å². The Labute approximate surface area is 190 Å². The lowest BCUT2D eigenvalue weighted by Gasteiger charge is -2.53. The molecule has 2 aromatic heterocycles. The van der Waals surface area contributed by atoms with E-state index < -0.39 is 11.1 Å². The number of benzene rings is 1. The first-order chi connectivity index (χ1) is 15.2. The minimum atomic E-state index is -1.06. The number of carbonyl (C=O) groups is 1. The molecule has 1 fully saturated rings. The summed E-state index contributed by atoms with van der Waals surface area (Å²) in [6.07, 6.45) is 4.71. The molecule has 0 bridgehead atoms. The lowest BCUT2D eigenvalue weighted by molar-refractivity contribution is -0.000677. The Balaban J connectivity index is 1.72. The van der Waals surface area contributed by atoms with E-state index in [-0.39, 0.29) is 11.7 Å². The van der Waals surface area contributed by atoms with Crippen LogP contribution in [-0.2, 0) is 5.41 Å². The Morgan fingerprint density at radius 3 is 2.50 bits per heavy atom. The first kappa shape index (κ1) is 22.3. The molecule has 9 heteroatoms. The number of aromatic nitrogens is 3. The Kier molecular flexibility index (Phi) is 5.72. The minimum Gasteiger partial charge on any atom is -0.494 e. The number of amides is 1. The summed E-state index contributed by atoms with van der Waals surface area (Å²) in [5.74, 6) is 0.539. The van der Waals surface area contributed by atoms with E-state index in [0.29, 0.717) is 28.7 Å². The van der Waals surface area contributed by atoms with E-state index in [1.807, 2.05) is 20.8 Å². The molecule has 0 radical (unpaired) electrons. The Hall–Kier alpha value is -2.91. The second kappa shape index (κ2) is 8.22. The molecule has 7 nitrogen and oxygen atoms in total. The molecular formula is C23H26FN5O2S. The van der Waals surface area contributed by atoms with Crippen LogP contribution < -0.4 is 10.5 Å². The fraction of sp³-hybridized carbons (Fsp3) is 0.391. The molecule has 0 aliphatic carbocycles. The van der Waals surface area contributed by atoms with Gasteiger partial charge in [0.25, 0.3) is 5.91 Å². The van der Waals surface area contributed by atoms with Crippen molar-refractivity contribution in [3.8, 4) is 16.2 Å². The number of thiazole rings is 1. The van der Waals surface area contributed by atoms with Gasteiger partial charge in [0.05, 0.1) is 34.8 Å². The quantitative estimate of drug-likeness (QED) is 0.641. The van der Waals surface area contributed by atoms with Crippen LogP contribution in [0.3, 0.4) is 0 Å². The summed E-state index contributed by atoms with van der Waals surface area (Å²) in [6, 6.07) is 6.08. The number of hydrogen-bond donors (Lipinski definition) is 1. The summed E-state index contributed by atoms with van der Waals surface area (Å²) in [5.41, 5.74) is 6.22. The van der Waals surface area contributed by atoms with Crippen molar-refractivity contribution in [1.82, 2.24) is 19.9 Å². The van der Waals surface area contributed by atoms with Gasteiger partial charge >= 0.3 is 0 Å². The van der Waals surface area contributed by atoms with Crippen molar-refractivity contribution < 1.29 is 13.9 Å². The highest BCUT2D eigenvalue weighted by Gasteiger charge is 2.53. The Bertz CT molecular complexity index is 1130. The van der Waals surface area contributed by atoms with Gasteiger partial charge in [-0.25, -0.2) is 19.3 Å². The largest absolute Gasteiger partial charge is 0.494 e. The zero-order valence-corrected chi connectivity index (χ0v) is 19.4. The van der Waals surface area contributed by atoms with Crippen molar-refractivity contribution in [3.63, 3.8) is 0 Å². The van der Waals surface area contributed by atoms with Gasteiger partial charge in [0.15, 0.2) is 5.75 Å². The summed E-state index contributed by atoms with van der Waals surface area (Å²) >= 11 is 1.41. The predicted molar refractivity (Wildman–Crippen MR) is 121 cm³/mol. The van der Waals surface area contributed by atoms with Crippen LogP contribution in [0.2, 0.25) is 0 Å². The number of rotatable bonds is 4.